The van der Waals surface area contributed by atoms with Crippen LogP contribution in [-0.2, 0) is 6.54 Å². The standard InChI is InChI=1S/C22H20N2O4S/c1-3-28-18-10-6-16(7-11-18)24-21(25)20-19(12-13-29-20)23(22(24)26)14-15-4-8-17(27-2)9-5-15/h4-13H,3,14H2,1-2H3. The van der Waals surface area contributed by atoms with Crippen molar-refractivity contribution in [1.82, 2.24) is 9.13 Å². The van der Waals surface area contributed by atoms with Gasteiger partial charge in [-0.15, -0.1) is 11.3 Å². The molecule has 2 heterocycles. The van der Waals surface area contributed by atoms with Crippen LogP contribution in [0.3, 0.4) is 0 Å². The molecule has 0 saturated carbocycles. The van der Waals surface area contributed by atoms with Gasteiger partial charge in [0.2, 0.25) is 0 Å². The number of hydrogen-bond acceptors (Lipinski definition) is 5. The Hall–Kier alpha value is -3.32. The maximum Gasteiger partial charge on any atom is 0.336 e. The summed E-state index contributed by atoms with van der Waals surface area (Å²) in [6.07, 6.45) is 0. The maximum absolute atomic E-state index is 13.3. The average Bonchev–Trinajstić information content (AvgIpc) is 3.23. The zero-order valence-corrected chi connectivity index (χ0v) is 16.9. The van der Waals surface area contributed by atoms with Crippen LogP contribution >= 0.6 is 11.3 Å². The molecule has 7 heteroatoms. The van der Waals surface area contributed by atoms with E-state index in [1.165, 1.54) is 15.9 Å². The van der Waals surface area contributed by atoms with E-state index >= 15 is 0 Å². The second-order valence-electron chi connectivity index (χ2n) is 6.42. The molecular weight excluding hydrogens is 388 g/mol. The first-order valence-corrected chi connectivity index (χ1v) is 10.1. The Labute approximate surface area is 171 Å². The first-order chi connectivity index (χ1) is 14.1. The Bertz CT molecular complexity index is 1250. The second kappa shape index (κ2) is 7.97. The number of methoxy groups -OCH3 is 1. The Morgan fingerprint density at radius 2 is 1.62 bits per heavy atom. The van der Waals surface area contributed by atoms with Gasteiger partial charge in [-0.05, 0) is 60.3 Å². The molecule has 0 radical (unpaired) electrons. The molecule has 0 N–H and O–H groups in total. The number of nitrogens with zero attached hydrogens (tertiary/aromatic N) is 2. The number of benzene rings is 2. The summed E-state index contributed by atoms with van der Waals surface area (Å²) in [6.45, 7) is 2.81. The number of thiophene rings is 1. The molecule has 0 saturated heterocycles. The molecule has 4 rings (SSSR count). The van der Waals surface area contributed by atoms with Crippen LogP contribution in [-0.4, -0.2) is 22.9 Å². The van der Waals surface area contributed by atoms with Crippen molar-refractivity contribution < 1.29 is 9.47 Å². The zero-order chi connectivity index (χ0) is 20.4. The van der Waals surface area contributed by atoms with E-state index in [4.69, 9.17) is 9.47 Å². The molecule has 0 fully saturated rings. The highest BCUT2D eigenvalue weighted by atomic mass is 32.1. The highest BCUT2D eigenvalue weighted by Crippen LogP contribution is 2.19. The molecular formula is C22H20N2O4S. The minimum absolute atomic E-state index is 0.310. The fourth-order valence-electron chi connectivity index (χ4n) is 3.24. The molecule has 0 aliphatic rings. The second-order valence-corrected chi connectivity index (χ2v) is 7.34. The maximum atomic E-state index is 13.3. The lowest BCUT2D eigenvalue weighted by Gasteiger charge is -2.13. The first-order valence-electron chi connectivity index (χ1n) is 9.21. The van der Waals surface area contributed by atoms with Gasteiger partial charge in [0.1, 0.15) is 16.2 Å². The van der Waals surface area contributed by atoms with Gasteiger partial charge in [-0.3, -0.25) is 9.36 Å². The third-order valence-electron chi connectivity index (χ3n) is 4.66. The Morgan fingerprint density at radius 3 is 2.28 bits per heavy atom. The van der Waals surface area contributed by atoms with Gasteiger partial charge in [-0.1, -0.05) is 12.1 Å². The zero-order valence-electron chi connectivity index (χ0n) is 16.1. The number of ether oxygens (including phenoxy) is 2. The van der Waals surface area contributed by atoms with Crippen molar-refractivity contribution >= 4 is 21.6 Å². The fourth-order valence-corrected chi connectivity index (χ4v) is 4.06. The van der Waals surface area contributed by atoms with E-state index in [0.717, 1.165) is 11.3 Å². The summed E-state index contributed by atoms with van der Waals surface area (Å²) in [6, 6.07) is 16.3. The van der Waals surface area contributed by atoms with Crippen molar-refractivity contribution in [2.45, 2.75) is 13.5 Å². The van der Waals surface area contributed by atoms with E-state index < -0.39 is 0 Å². The average molecular weight is 408 g/mol. The van der Waals surface area contributed by atoms with E-state index in [2.05, 4.69) is 0 Å². The minimum atomic E-state index is -0.374. The molecule has 2 aromatic carbocycles. The van der Waals surface area contributed by atoms with E-state index in [9.17, 15) is 9.59 Å². The fraction of sp³-hybridized carbons (Fsp3) is 0.182. The molecule has 4 aromatic rings. The predicted octanol–water partition coefficient (Wildman–Crippen LogP) is 3.67. The van der Waals surface area contributed by atoms with Gasteiger partial charge >= 0.3 is 5.69 Å². The first kappa shape index (κ1) is 19.0. The van der Waals surface area contributed by atoms with Crippen LogP contribution in [0.2, 0.25) is 0 Å². The lowest BCUT2D eigenvalue weighted by atomic mass is 10.2. The van der Waals surface area contributed by atoms with Gasteiger partial charge in [0.25, 0.3) is 5.56 Å². The molecule has 148 valence electrons. The van der Waals surface area contributed by atoms with Gasteiger partial charge < -0.3 is 9.47 Å². The smallest absolute Gasteiger partial charge is 0.336 e. The summed E-state index contributed by atoms with van der Waals surface area (Å²) in [7, 11) is 1.61. The molecule has 0 aliphatic heterocycles. The molecule has 6 nitrogen and oxygen atoms in total. The van der Waals surface area contributed by atoms with E-state index in [1.54, 1.807) is 35.9 Å². The molecule has 0 amide bonds. The Kier molecular flexibility index (Phi) is 5.22. The van der Waals surface area contributed by atoms with Crippen molar-refractivity contribution in [2.24, 2.45) is 0 Å². The molecule has 2 aromatic heterocycles. The van der Waals surface area contributed by atoms with E-state index in [-0.39, 0.29) is 11.2 Å². The van der Waals surface area contributed by atoms with Gasteiger partial charge in [0.15, 0.2) is 0 Å². The van der Waals surface area contributed by atoms with Crippen LogP contribution in [0, 0.1) is 0 Å². The summed E-state index contributed by atoms with van der Waals surface area (Å²) < 4.78 is 14.1. The third kappa shape index (κ3) is 3.56. The predicted molar refractivity (Wildman–Crippen MR) is 115 cm³/mol. The lowest BCUT2D eigenvalue weighted by Crippen LogP contribution is -2.38. The molecule has 0 aliphatic carbocycles. The van der Waals surface area contributed by atoms with Crippen LogP contribution in [0.15, 0.2) is 69.6 Å². The van der Waals surface area contributed by atoms with E-state index in [1.807, 2.05) is 42.6 Å². The van der Waals surface area contributed by atoms with Crippen LogP contribution < -0.4 is 20.7 Å². The van der Waals surface area contributed by atoms with Gasteiger partial charge in [-0.25, -0.2) is 9.36 Å². The summed E-state index contributed by atoms with van der Waals surface area (Å²) in [5.74, 6) is 1.45. The van der Waals surface area contributed by atoms with Crippen molar-refractivity contribution in [3.8, 4) is 17.2 Å². The quantitative estimate of drug-likeness (QED) is 0.488. The number of rotatable bonds is 6. The normalized spacial score (nSPS) is 11.0. The monoisotopic (exact) mass is 408 g/mol. The summed E-state index contributed by atoms with van der Waals surface area (Å²) >= 11 is 1.34. The van der Waals surface area contributed by atoms with E-state index in [0.29, 0.717) is 34.8 Å². The van der Waals surface area contributed by atoms with Gasteiger partial charge in [0.05, 0.1) is 31.5 Å². The summed E-state index contributed by atoms with van der Waals surface area (Å²) in [4.78, 5) is 26.3. The SMILES string of the molecule is CCOc1ccc(-n2c(=O)c3sccc3n(Cc3ccc(OC)cc3)c2=O)cc1. The third-order valence-corrected chi connectivity index (χ3v) is 5.55. The van der Waals surface area contributed by atoms with Crippen LogP contribution in [0.5, 0.6) is 11.5 Å². The highest BCUT2D eigenvalue weighted by Gasteiger charge is 2.16. The van der Waals surface area contributed by atoms with Gasteiger partial charge in [0, 0.05) is 0 Å². The number of fused-ring (bicyclic) bond motifs is 1. The topological polar surface area (TPSA) is 62.5 Å². The van der Waals surface area contributed by atoms with Crippen molar-refractivity contribution in [3.05, 3.63) is 86.4 Å². The van der Waals surface area contributed by atoms with Gasteiger partial charge in [-0.2, -0.15) is 0 Å². The summed E-state index contributed by atoms with van der Waals surface area (Å²) in [5, 5.41) is 1.83. The minimum Gasteiger partial charge on any atom is -0.497 e. The van der Waals surface area contributed by atoms with Crippen LogP contribution in [0.4, 0.5) is 0 Å². The molecule has 0 bridgehead atoms. The Balaban J connectivity index is 1.85. The number of aromatic nitrogens is 2. The van der Waals surface area contributed by atoms with Crippen LogP contribution in [0.25, 0.3) is 15.9 Å². The van der Waals surface area contributed by atoms with Crippen molar-refractivity contribution in [2.75, 3.05) is 13.7 Å². The van der Waals surface area contributed by atoms with Crippen molar-refractivity contribution in [3.63, 3.8) is 0 Å². The van der Waals surface area contributed by atoms with Crippen molar-refractivity contribution in [1.29, 1.82) is 0 Å². The molecule has 0 spiro atoms. The highest BCUT2D eigenvalue weighted by molar-refractivity contribution is 7.17. The summed E-state index contributed by atoms with van der Waals surface area (Å²) in [5.41, 5.74) is 1.42. The Morgan fingerprint density at radius 1 is 0.931 bits per heavy atom. The number of hydrogen-bond donors (Lipinski definition) is 0. The van der Waals surface area contributed by atoms with Crippen LogP contribution in [0.1, 0.15) is 12.5 Å². The molecule has 29 heavy (non-hydrogen) atoms. The lowest BCUT2D eigenvalue weighted by molar-refractivity contribution is 0.340. The molecule has 0 atom stereocenters. The largest absolute Gasteiger partial charge is 0.497 e. The molecule has 0 unspecified atom stereocenters.